The fourth-order valence-electron chi connectivity index (χ4n) is 2.51. The summed E-state index contributed by atoms with van der Waals surface area (Å²) >= 11 is 3.37. The second-order valence-electron chi connectivity index (χ2n) is 5.84. The molecule has 3 aromatic rings. The third-order valence-electron chi connectivity index (χ3n) is 3.78. The van der Waals surface area contributed by atoms with Gasteiger partial charge in [0, 0.05) is 21.4 Å². The van der Waals surface area contributed by atoms with Crippen LogP contribution in [0.4, 0.5) is 11.4 Å². The van der Waals surface area contributed by atoms with E-state index in [-0.39, 0.29) is 11.8 Å². The van der Waals surface area contributed by atoms with Crippen molar-refractivity contribution < 1.29 is 9.59 Å². The van der Waals surface area contributed by atoms with Crippen molar-refractivity contribution in [1.82, 2.24) is 0 Å². The summed E-state index contributed by atoms with van der Waals surface area (Å²) in [6, 6.07) is 21.6. The lowest BCUT2D eigenvalue weighted by atomic mass is 10.1. The van der Waals surface area contributed by atoms with E-state index in [1.54, 1.807) is 42.5 Å². The van der Waals surface area contributed by atoms with Gasteiger partial charge in [0.15, 0.2) is 0 Å². The molecule has 0 aromatic heterocycles. The fraction of sp³-hybridized carbons (Fsp3) is 0.0476. The monoisotopic (exact) mass is 408 g/mol. The molecule has 0 bridgehead atoms. The summed E-state index contributed by atoms with van der Waals surface area (Å²) in [5, 5.41) is 5.69. The SMILES string of the molecule is Cc1cccc(C(=O)Nc2cccc(NC(=O)c3ccccc3Br)c2)c1. The van der Waals surface area contributed by atoms with Crippen molar-refractivity contribution in [3.8, 4) is 0 Å². The maximum atomic E-state index is 12.4. The standard InChI is InChI=1S/C21H17BrN2O2/c1-14-6-4-7-15(12-14)20(25)23-16-8-5-9-17(13-16)24-21(26)18-10-2-3-11-19(18)22/h2-13H,1H3,(H,23,25)(H,24,26). The smallest absolute Gasteiger partial charge is 0.256 e. The van der Waals surface area contributed by atoms with Crippen molar-refractivity contribution in [2.24, 2.45) is 0 Å². The third-order valence-corrected chi connectivity index (χ3v) is 4.47. The molecule has 3 aromatic carbocycles. The number of hydrogen-bond acceptors (Lipinski definition) is 2. The Morgan fingerprint density at radius 1 is 0.769 bits per heavy atom. The number of anilines is 2. The molecular formula is C21H17BrN2O2. The van der Waals surface area contributed by atoms with Crippen molar-refractivity contribution >= 4 is 39.1 Å². The first-order valence-electron chi connectivity index (χ1n) is 8.07. The minimum Gasteiger partial charge on any atom is -0.322 e. The van der Waals surface area contributed by atoms with Crippen LogP contribution in [0.15, 0.2) is 77.3 Å². The molecule has 0 spiro atoms. The second kappa shape index (κ2) is 7.97. The molecule has 0 atom stereocenters. The lowest BCUT2D eigenvalue weighted by Crippen LogP contribution is -2.14. The summed E-state index contributed by atoms with van der Waals surface area (Å²) in [6.45, 7) is 1.94. The molecule has 0 saturated carbocycles. The van der Waals surface area contributed by atoms with E-state index in [2.05, 4.69) is 26.6 Å². The number of carbonyl (C=O) groups is 2. The molecule has 26 heavy (non-hydrogen) atoms. The first-order valence-corrected chi connectivity index (χ1v) is 8.86. The van der Waals surface area contributed by atoms with Crippen LogP contribution in [-0.2, 0) is 0 Å². The molecule has 0 fully saturated rings. The summed E-state index contributed by atoms with van der Waals surface area (Å²) in [5.41, 5.74) is 3.37. The Balaban J connectivity index is 1.73. The van der Waals surface area contributed by atoms with Gasteiger partial charge in [-0.3, -0.25) is 9.59 Å². The van der Waals surface area contributed by atoms with Crippen LogP contribution in [0.3, 0.4) is 0 Å². The molecule has 5 heteroatoms. The summed E-state index contributed by atoms with van der Waals surface area (Å²) in [7, 11) is 0. The van der Waals surface area contributed by atoms with Crippen molar-refractivity contribution in [2.75, 3.05) is 10.6 Å². The minimum absolute atomic E-state index is 0.192. The number of hydrogen-bond donors (Lipinski definition) is 2. The average Bonchev–Trinajstić information content (AvgIpc) is 2.62. The fourth-order valence-corrected chi connectivity index (χ4v) is 2.97. The van der Waals surface area contributed by atoms with Crippen molar-refractivity contribution in [1.29, 1.82) is 0 Å². The lowest BCUT2D eigenvalue weighted by molar-refractivity contribution is 0.101. The van der Waals surface area contributed by atoms with Gasteiger partial charge in [-0.05, 0) is 65.3 Å². The molecule has 0 aliphatic rings. The molecule has 0 aliphatic heterocycles. The number of aryl methyl sites for hydroxylation is 1. The predicted octanol–water partition coefficient (Wildman–Crippen LogP) is 5.26. The van der Waals surface area contributed by atoms with Crippen LogP contribution < -0.4 is 10.6 Å². The van der Waals surface area contributed by atoms with Crippen LogP contribution in [0.1, 0.15) is 26.3 Å². The lowest BCUT2D eigenvalue weighted by Gasteiger charge is -2.10. The Morgan fingerprint density at radius 3 is 2.12 bits per heavy atom. The Labute approximate surface area is 160 Å². The van der Waals surface area contributed by atoms with E-state index in [9.17, 15) is 9.59 Å². The molecule has 2 N–H and O–H groups in total. The highest BCUT2D eigenvalue weighted by Crippen LogP contribution is 2.20. The summed E-state index contributed by atoms with van der Waals surface area (Å²) in [4.78, 5) is 24.8. The largest absolute Gasteiger partial charge is 0.322 e. The molecule has 0 heterocycles. The third kappa shape index (κ3) is 4.37. The Bertz CT molecular complexity index is 969. The van der Waals surface area contributed by atoms with Gasteiger partial charge in [-0.25, -0.2) is 0 Å². The van der Waals surface area contributed by atoms with E-state index in [4.69, 9.17) is 0 Å². The molecule has 130 valence electrons. The quantitative estimate of drug-likeness (QED) is 0.618. The first kappa shape index (κ1) is 17.9. The van der Waals surface area contributed by atoms with Gasteiger partial charge in [0.2, 0.25) is 0 Å². The molecule has 4 nitrogen and oxygen atoms in total. The molecule has 0 unspecified atom stereocenters. The van der Waals surface area contributed by atoms with Gasteiger partial charge in [-0.15, -0.1) is 0 Å². The van der Waals surface area contributed by atoms with Crippen molar-refractivity contribution in [2.45, 2.75) is 6.92 Å². The van der Waals surface area contributed by atoms with Crippen LogP contribution in [0.25, 0.3) is 0 Å². The van der Waals surface area contributed by atoms with Gasteiger partial charge in [0.05, 0.1) is 5.56 Å². The van der Waals surface area contributed by atoms with Crippen LogP contribution >= 0.6 is 15.9 Å². The molecule has 0 saturated heterocycles. The highest BCUT2D eigenvalue weighted by Gasteiger charge is 2.11. The van der Waals surface area contributed by atoms with Gasteiger partial charge in [-0.1, -0.05) is 35.9 Å². The number of rotatable bonds is 4. The summed E-state index contributed by atoms with van der Waals surface area (Å²) in [5.74, 6) is -0.414. The summed E-state index contributed by atoms with van der Waals surface area (Å²) < 4.78 is 0.724. The maximum Gasteiger partial charge on any atom is 0.256 e. The van der Waals surface area contributed by atoms with E-state index in [0.29, 0.717) is 22.5 Å². The van der Waals surface area contributed by atoms with E-state index in [1.165, 1.54) is 0 Å². The van der Waals surface area contributed by atoms with Gasteiger partial charge in [0.1, 0.15) is 0 Å². The van der Waals surface area contributed by atoms with Crippen molar-refractivity contribution in [3.63, 3.8) is 0 Å². The second-order valence-corrected chi connectivity index (χ2v) is 6.69. The summed E-state index contributed by atoms with van der Waals surface area (Å²) in [6.07, 6.45) is 0. The highest BCUT2D eigenvalue weighted by atomic mass is 79.9. The zero-order valence-corrected chi connectivity index (χ0v) is 15.7. The Kier molecular flexibility index (Phi) is 5.49. The molecule has 3 rings (SSSR count). The van der Waals surface area contributed by atoms with E-state index in [0.717, 1.165) is 10.0 Å². The number of halogens is 1. The number of benzene rings is 3. The van der Waals surface area contributed by atoms with Crippen LogP contribution in [0, 0.1) is 6.92 Å². The number of nitrogens with one attached hydrogen (secondary N) is 2. The van der Waals surface area contributed by atoms with Gasteiger partial charge >= 0.3 is 0 Å². The maximum absolute atomic E-state index is 12.4. The van der Waals surface area contributed by atoms with Crippen LogP contribution in [-0.4, -0.2) is 11.8 Å². The van der Waals surface area contributed by atoms with Gasteiger partial charge in [-0.2, -0.15) is 0 Å². The van der Waals surface area contributed by atoms with Gasteiger partial charge < -0.3 is 10.6 Å². The Hall–Kier alpha value is -2.92. The van der Waals surface area contributed by atoms with E-state index in [1.807, 2.05) is 37.3 Å². The zero-order valence-electron chi connectivity index (χ0n) is 14.1. The van der Waals surface area contributed by atoms with Crippen LogP contribution in [0.5, 0.6) is 0 Å². The topological polar surface area (TPSA) is 58.2 Å². The average molecular weight is 409 g/mol. The normalized spacial score (nSPS) is 10.2. The Morgan fingerprint density at radius 2 is 1.42 bits per heavy atom. The van der Waals surface area contributed by atoms with Gasteiger partial charge in [0.25, 0.3) is 11.8 Å². The highest BCUT2D eigenvalue weighted by molar-refractivity contribution is 9.10. The molecular weight excluding hydrogens is 392 g/mol. The zero-order chi connectivity index (χ0) is 18.5. The van der Waals surface area contributed by atoms with E-state index < -0.39 is 0 Å². The molecule has 0 aliphatic carbocycles. The molecule has 2 amide bonds. The van der Waals surface area contributed by atoms with E-state index >= 15 is 0 Å². The van der Waals surface area contributed by atoms with Crippen LogP contribution in [0.2, 0.25) is 0 Å². The molecule has 0 radical (unpaired) electrons. The first-order chi connectivity index (χ1) is 12.5. The number of carbonyl (C=O) groups excluding carboxylic acids is 2. The van der Waals surface area contributed by atoms with Crippen molar-refractivity contribution in [3.05, 3.63) is 94.0 Å². The minimum atomic E-state index is -0.223. The number of amides is 2. The predicted molar refractivity (Wildman–Crippen MR) is 108 cm³/mol.